The molecule has 2 heterocycles. The van der Waals surface area contributed by atoms with Gasteiger partial charge in [0.2, 0.25) is 0 Å². The van der Waals surface area contributed by atoms with Gasteiger partial charge in [-0.05, 0) is 55.9 Å². The quantitative estimate of drug-likeness (QED) is 0.603. The maximum atomic E-state index is 11.0. The number of rotatable bonds is 7. The van der Waals surface area contributed by atoms with Crippen molar-refractivity contribution in [3.05, 3.63) is 58.8 Å². The van der Waals surface area contributed by atoms with Gasteiger partial charge in [-0.3, -0.25) is 14.5 Å². The predicted octanol–water partition coefficient (Wildman–Crippen LogP) is 4.14. The minimum atomic E-state index is 0.228. The molecule has 0 saturated carbocycles. The van der Waals surface area contributed by atoms with Crippen molar-refractivity contribution in [2.24, 2.45) is 0 Å². The number of benzene rings is 1. The van der Waals surface area contributed by atoms with Crippen molar-refractivity contribution in [2.45, 2.75) is 39.2 Å². The largest absolute Gasteiger partial charge is 0.357 e. The van der Waals surface area contributed by atoms with Gasteiger partial charge in [0, 0.05) is 29.7 Å². The number of fused-ring (bicyclic) bond motifs is 3. The molecule has 1 aromatic heterocycles. The predicted molar refractivity (Wildman–Crippen MR) is 105 cm³/mol. The van der Waals surface area contributed by atoms with E-state index in [9.17, 15) is 9.59 Å². The second-order valence-electron chi connectivity index (χ2n) is 7.02. The van der Waals surface area contributed by atoms with E-state index >= 15 is 0 Å². The molecule has 4 nitrogen and oxygen atoms in total. The second-order valence-corrected chi connectivity index (χ2v) is 7.02. The van der Waals surface area contributed by atoms with Gasteiger partial charge in [-0.1, -0.05) is 30.4 Å². The highest BCUT2D eigenvalue weighted by atomic mass is 16.1. The van der Waals surface area contributed by atoms with Crippen molar-refractivity contribution in [1.29, 1.82) is 0 Å². The van der Waals surface area contributed by atoms with E-state index in [1.165, 1.54) is 22.2 Å². The van der Waals surface area contributed by atoms with E-state index in [0.717, 1.165) is 56.1 Å². The van der Waals surface area contributed by atoms with Crippen LogP contribution in [0.15, 0.2) is 47.6 Å². The molecule has 1 unspecified atom stereocenters. The minimum Gasteiger partial charge on any atom is -0.357 e. The molecule has 3 rings (SSSR count). The first kappa shape index (κ1) is 18.3. The van der Waals surface area contributed by atoms with Gasteiger partial charge in [0.15, 0.2) is 0 Å². The van der Waals surface area contributed by atoms with Crippen LogP contribution in [0.1, 0.15) is 44.0 Å². The zero-order valence-electron chi connectivity index (χ0n) is 15.5. The number of aldehydes is 2. The molecule has 0 fully saturated rings. The highest BCUT2D eigenvalue weighted by molar-refractivity contribution is 5.85. The summed E-state index contributed by atoms with van der Waals surface area (Å²) in [5.41, 5.74) is 5.39. The molecule has 0 radical (unpaired) electrons. The summed E-state index contributed by atoms with van der Waals surface area (Å²) in [4.78, 5) is 27.9. The Balaban J connectivity index is 1.90. The Bertz CT molecular complexity index is 860. The Morgan fingerprint density at radius 2 is 1.88 bits per heavy atom. The summed E-state index contributed by atoms with van der Waals surface area (Å²) in [6.45, 7) is 5.58. The summed E-state index contributed by atoms with van der Waals surface area (Å²) >= 11 is 0. The van der Waals surface area contributed by atoms with E-state index in [4.69, 9.17) is 0 Å². The van der Waals surface area contributed by atoms with Crippen LogP contribution in [0.5, 0.6) is 0 Å². The summed E-state index contributed by atoms with van der Waals surface area (Å²) in [6, 6.07) is 8.67. The molecule has 0 bridgehead atoms. The normalized spacial score (nSPS) is 18.8. The monoisotopic (exact) mass is 350 g/mol. The fourth-order valence-electron chi connectivity index (χ4n) is 3.75. The van der Waals surface area contributed by atoms with Crippen LogP contribution in [-0.4, -0.2) is 35.5 Å². The molecule has 0 aliphatic carbocycles. The van der Waals surface area contributed by atoms with E-state index in [1.807, 2.05) is 26.0 Å². The number of aromatic amines is 1. The van der Waals surface area contributed by atoms with E-state index < -0.39 is 0 Å². The molecular weight excluding hydrogens is 324 g/mol. The van der Waals surface area contributed by atoms with Gasteiger partial charge < -0.3 is 4.98 Å². The number of aromatic nitrogens is 1. The van der Waals surface area contributed by atoms with Crippen LogP contribution in [0, 0.1) is 0 Å². The van der Waals surface area contributed by atoms with Gasteiger partial charge >= 0.3 is 0 Å². The van der Waals surface area contributed by atoms with E-state index in [1.54, 1.807) is 0 Å². The maximum absolute atomic E-state index is 11.0. The Kier molecular flexibility index (Phi) is 5.84. The average Bonchev–Trinajstić information content (AvgIpc) is 3.05. The molecule has 1 aliphatic rings. The molecule has 26 heavy (non-hydrogen) atoms. The summed E-state index contributed by atoms with van der Waals surface area (Å²) in [5, 5.41) is 1.31. The van der Waals surface area contributed by atoms with Gasteiger partial charge in [-0.25, -0.2) is 0 Å². The lowest BCUT2D eigenvalue weighted by molar-refractivity contribution is -0.105. The zero-order chi connectivity index (χ0) is 18.5. The second kappa shape index (κ2) is 8.28. The van der Waals surface area contributed by atoms with Gasteiger partial charge in [-0.2, -0.15) is 0 Å². The molecule has 0 saturated heterocycles. The number of nitrogens with one attached hydrogen (secondary N) is 1. The number of carbonyl (C=O) groups is 2. The first-order valence-electron chi connectivity index (χ1n) is 9.21. The Labute approximate surface area is 154 Å². The van der Waals surface area contributed by atoms with Crippen molar-refractivity contribution in [3.63, 3.8) is 0 Å². The van der Waals surface area contributed by atoms with Crippen molar-refractivity contribution in [1.82, 2.24) is 9.88 Å². The van der Waals surface area contributed by atoms with Gasteiger partial charge in [-0.15, -0.1) is 0 Å². The molecule has 1 atom stereocenters. The molecule has 0 spiro atoms. The van der Waals surface area contributed by atoms with Crippen LogP contribution >= 0.6 is 0 Å². The third-order valence-electron chi connectivity index (χ3n) is 5.19. The van der Waals surface area contributed by atoms with Crippen LogP contribution < -0.4 is 0 Å². The smallest absolute Gasteiger partial charge is 0.145 e. The van der Waals surface area contributed by atoms with Crippen molar-refractivity contribution >= 4 is 23.5 Å². The minimum absolute atomic E-state index is 0.228. The molecule has 1 aromatic carbocycles. The van der Waals surface area contributed by atoms with Crippen molar-refractivity contribution in [2.75, 3.05) is 13.1 Å². The SMILES string of the molecule is C/C(C=O)=C\CCN1CCc2c([nH]c3ccccc23)C1C/C=C(\C)C=O. The summed E-state index contributed by atoms with van der Waals surface area (Å²) < 4.78 is 0. The van der Waals surface area contributed by atoms with Gasteiger partial charge in [0.05, 0.1) is 6.04 Å². The van der Waals surface area contributed by atoms with Crippen LogP contribution in [-0.2, 0) is 16.0 Å². The Hall–Kier alpha value is -2.46. The van der Waals surface area contributed by atoms with Crippen LogP contribution in [0.25, 0.3) is 10.9 Å². The topological polar surface area (TPSA) is 53.2 Å². The number of hydrogen-bond acceptors (Lipinski definition) is 3. The first-order chi connectivity index (χ1) is 12.6. The highest BCUT2D eigenvalue weighted by Crippen LogP contribution is 2.36. The van der Waals surface area contributed by atoms with Crippen LogP contribution in [0.2, 0.25) is 0 Å². The molecule has 1 N–H and O–H groups in total. The lowest BCUT2D eigenvalue weighted by atomic mass is 9.94. The lowest BCUT2D eigenvalue weighted by Gasteiger charge is -2.35. The summed E-state index contributed by atoms with van der Waals surface area (Å²) in [7, 11) is 0. The molecule has 1 aliphatic heterocycles. The van der Waals surface area contributed by atoms with Crippen LogP contribution in [0.4, 0.5) is 0 Å². The molecule has 0 amide bonds. The first-order valence-corrected chi connectivity index (χ1v) is 9.21. The Morgan fingerprint density at radius 3 is 2.65 bits per heavy atom. The van der Waals surface area contributed by atoms with Gasteiger partial charge in [0.1, 0.15) is 12.6 Å². The molecular formula is C22H26N2O2. The fraction of sp³-hybridized carbons (Fsp3) is 0.364. The van der Waals surface area contributed by atoms with E-state index in [0.29, 0.717) is 0 Å². The fourth-order valence-corrected chi connectivity index (χ4v) is 3.75. The summed E-state index contributed by atoms with van der Waals surface area (Å²) in [6.07, 6.45) is 8.51. The third-order valence-corrected chi connectivity index (χ3v) is 5.19. The van der Waals surface area contributed by atoms with Crippen molar-refractivity contribution in [3.8, 4) is 0 Å². The number of nitrogens with zero attached hydrogens (tertiary/aromatic N) is 1. The number of allylic oxidation sites excluding steroid dienone is 2. The number of para-hydroxylation sites is 1. The number of H-pyrrole nitrogens is 1. The Morgan fingerprint density at radius 1 is 1.15 bits per heavy atom. The zero-order valence-corrected chi connectivity index (χ0v) is 15.5. The average molecular weight is 350 g/mol. The molecule has 2 aromatic rings. The van der Waals surface area contributed by atoms with E-state index in [2.05, 4.69) is 34.1 Å². The van der Waals surface area contributed by atoms with Gasteiger partial charge in [0.25, 0.3) is 0 Å². The lowest BCUT2D eigenvalue weighted by Crippen LogP contribution is -2.36. The summed E-state index contributed by atoms with van der Waals surface area (Å²) in [5.74, 6) is 0. The van der Waals surface area contributed by atoms with Crippen LogP contribution in [0.3, 0.4) is 0 Å². The van der Waals surface area contributed by atoms with Crippen molar-refractivity contribution < 1.29 is 9.59 Å². The van der Waals surface area contributed by atoms with E-state index in [-0.39, 0.29) is 6.04 Å². The highest BCUT2D eigenvalue weighted by Gasteiger charge is 2.29. The number of carbonyl (C=O) groups excluding carboxylic acids is 2. The third kappa shape index (κ3) is 3.86. The molecule has 4 heteroatoms. The standard InChI is InChI=1S/C22H26N2O2/c1-16(14-25)6-5-12-24-13-11-19-18-7-3-4-8-20(18)23-22(19)21(24)10-9-17(2)15-26/h3-4,6-9,14-15,21,23H,5,10-13H2,1-2H3/b16-6+,17-9+. The molecule has 136 valence electrons. The number of hydrogen-bond donors (Lipinski definition) is 1. The maximum Gasteiger partial charge on any atom is 0.145 e.